The van der Waals surface area contributed by atoms with Gasteiger partial charge in [0.2, 0.25) is 0 Å². The first-order valence-electron chi connectivity index (χ1n) is 7.42. The Bertz CT molecular complexity index is 734. The summed E-state index contributed by atoms with van der Waals surface area (Å²) in [6.45, 7) is 0. The maximum absolute atomic E-state index is 12.0. The number of carbonyl (C=O) groups is 1. The Morgan fingerprint density at radius 1 is 0.913 bits per heavy atom. The molecule has 1 atom stereocenters. The molecule has 5 heteroatoms. The van der Waals surface area contributed by atoms with Crippen LogP contribution in [0.1, 0.15) is 40.5 Å². The fourth-order valence-electron chi connectivity index (χ4n) is 3.90. The van der Waals surface area contributed by atoms with Crippen LogP contribution in [0.5, 0.6) is 0 Å². The van der Waals surface area contributed by atoms with Gasteiger partial charge in [0, 0.05) is 11.8 Å². The molecule has 2 bridgehead atoms. The lowest BCUT2D eigenvalue weighted by molar-refractivity contribution is -0.149. The Morgan fingerprint density at radius 3 is 1.87 bits per heavy atom. The van der Waals surface area contributed by atoms with E-state index in [1.807, 2.05) is 24.3 Å². The number of hydrogen-bond acceptors (Lipinski definition) is 2. The molecule has 0 aliphatic heterocycles. The van der Waals surface area contributed by atoms with Crippen LogP contribution in [0, 0.1) is 0 Å². The van der Waals surface area contributed by atoms with Crippen molar-refractivity contribution in [3.05, 3.63) is 70.8 Å². The summed E-state index contributed by atoms with van der Waals surface area (Å²) in [5.41, 5.74) is 5.00. The molecule has 3 aliphatic carbocycles. The van der Waals surface area contributed by atoms with Crippen LogP contribution in [0.15, 0.2) is 48.5 Å². The van der Waals surface area contributed by atoms with Gasteiger partial charge in [0.15, 0.2) is 0 Å². The predicted octanol–water partition coefficient (Wildman–Crippen LogP) is 4.95. The van der Waals surface area contributed by atoms with Crippen LogP contribution in [0.25, 0.3) is 0 Å². The molecule has 0 N–H and O–H groups in total. The van der Waals surface area contributed by atoms with E-state index in [4.69, 9.17) is 39.5 Å². The van der Waals surface area contributed by atoms with E-state index < -0.39 is 9.76 Å². The lowest BCUT2D eigenvalue weighted by Crippen LogP contribution is -2.40. The number of carbonyl (C=O) groups excluding carboxylic acids is 1. The third kappa shape index (κ3) is 2.44. The van der Waals surface area contributed by atoms with Crippen molar-refractivity contribution in [3.8, 4) is 0 Å². The highest BCUT2D eigenvalue weighted by molar-refractivity contribution is 6.75. The van der Waals surface area contributed by atoms with E-state index in [1.165, 1.54) is 22.3 Å². The van der Waals surface area contributed by atoms with E-state index in [1.54, 1.807) is 0 Å². The number of benzene rings is 2. The Kier molecular flexibility index (Phi) is 3.60. The SMILES string of the molecule is O=C(OC1CC2c3ccccc3C1c1ccccc12)C(Cl)(Cl)Cl. The number of fused-ring (bicyclic) bond motifs is 1. The maximum Gasteiger partial charge on any atom is 0.358 e. The molecule has 0 saturated carbocycles. The zero-order valence-corrected chi connectivity index (χ0v) is 14.3. The highest BCUT2D eigenvalue weighted by Gasteiger charge is 2.46. The summed E-state index contributed by atoms with van der Waals surface area (Å²) in [5, 5.41) is 0. The monoisotopic (exact) mass is 366 g/mol. The average molecular weight is 368 g/mol. The van der Waals surface area contributed by atoms with Crippen LogP contribution >= 0.6 is 34.8 Å². The Balaban J connectivity index is 1.79. The number of rotatable bonds is 1. The summed E-state index contributed by atoms with van der Waals surface area (Å²) in [6, 6.07) is 16.6. The topological polar surface area (TPSA) is 26.3 Å². The van der Waals surface area contributed by atoms with Crippen molar-refractivity contribution in [1.82, 2.24) is 0 Å². The van der Waals surface area contributed by atoms with Crippen LogP contribution < -0.4 is 0 Å². The minimum atomic E-state index is -2.05. The van der Waals surface area contributed by atoms with Gasteiger partial charge in [-0.3, -0.25) is 0 Å². The molecule has 2 aromatic rings. The molecular formula is C18H13Cl3O2. The van der Waals surface area contributed by atoms with E-state index in [9.17, 15) is 4.79 Å². The summed E-state index contributed by atoms with van der Waals surface area (Å²) >= 11 is 17.0. The first kappa shape index (κ1) is 15.3. The van der Waals surface area contributed by atoms with Crippen molar-refractivity contribution in [1.29, 1.82) is 0 Å². The second kappa shape index (κ2) is 5.41. The molecular weight excluding hydrogens is 355 g/mol. The molecule has 1 unspecified atom stereocenters. The van der Waals surface area contributed by atoms with E-state index in [0.29, 0.717) is 6.42 Å². The number of esters is 1. The molecule has 3 aliphatic rings. The average Bonchev–Trinajstić information content (AvgIpc) is 2.54. The third-order valence-corrected chi connectivity index (χ3v) is 5.21. The zero-order chi connectivity index (χ0) is 16.2. The zero-order valence-electron chi connectivity index (χ0n) is 12.0. The Hall–Kier alpha value is -1.22. The van der Waals surface area contributed by atoms with Crippen molar-refractivity contribution in [2.75, 3.05) is 0 Å². The number of hydrogen-bond donors (Lipinski definition) is 0. The third-order valence-electron chi connectivity index (χ3n) is 4.74. The van der Waals surface area contributed by atoms with Gasteiger partial charge in [0.05, 0.1) is 0 Å². The van der Waals surface area contributed by atoms with Crippen molar-refractivity contribution in [2.24, 2.45) is 0 Å². The van der Waals surface area contributed by atoms with Gasteiger partial charge in [-0.2, -0.15) is 0 Å². The quantitative estimate of drug-likeness (QED) is 0.526. The molecule has 0 amide bonds. The van der Waals surface area contributed by atoms with Gasteiger partial charge in [-0.1, -0.05) is 83.3 Å². The van der Waals surface area contributed by atoms with Gasteiger partial charge in [-0.25, -0.2) is 4.79 Å². The highest BCUT2D eigenvalue weighted by atomic mass is 35.6. The van der Waals surface area contributed by atoms with Crippen LogP contribution in [0.2, 0.25) is 0 Å². The molecule has 118 valence electrons. The summed E-state index contributed by atoms with van der Waals surface area (Å²) in [7, 11) is 0. The van der Waals surface area contributed by atoms with Crippen molar-refractivity contribution >= 4 is 40.8 Å². The second-order valence-electron chi connectivity index (χ2n) is 5.97. The van der Waals surface area contributed by atoms with Crippen molar-refractivity contribution in [3.63, 3.8) is 0 Å². The predicted molar refractivity (Wildman–Crippen MR) is 91.4 cm³/mol. The van der Waals surface area contributed by atoms with Gasteiger partial charge in [0.1, 0.15) is 6.10 Å². The lowest BCUT2D eigenvalue weighted by atomic mass is 9.62. The molecule has 0 saturated heterocycles. The molecule has 0 fully saturated rings. The van der Waals surface area contributed by atoms with Gasteiger partial charge >= 0.3 is 5.97 Å². The van der Waals surface area contributed by atoms with Crippen molar-refractivity contribution in [2.45, 2.75) is 28.2 Å². The first-order valence-corrected chi connectivity index (χ1v) is 8.55. The summed E-state index contributed by atoms with van der Waals surface area (Å²) in [4.78, 5) is 12.0. The van der Waals surface area contributed by atoms with E-state index in [-0.39, 0.29) is 17.9 Å². The van der Waals surface area contributed by atoms with Gasteiger partial charge in [0.25, 0.3) is 3.79 Å². The highest BCUT2D eigenvalue weighted by Crippen LogP contribution is 2.53. The van der Waals surface area contributed by atoms with Crippen LogP contribution in [0.4, 0.5) is 0 Å². The Labute approximate surface area is 149 Å². The first-order chi connectivity index (χ1) is 11.0. The summed E-state index contributed by atoms with van der Waals surface area (Å²) in [5.74, 6) is -0.612. The molecule has 0 aromatic heterocycles. The molecule has 0 heterocycles. The van der Waals surface area contributed by atoms with Crippen LogP contribution in [0.3, 0.4) is 0 Å². The van der Waals surface area contributed by atoms with E-state index in [0.717, 1.165) is 0 Å². The Morgan fingerprint density at radius 2 is 1.39 bits per heavy atom. The summed E-state index contributed by atoms with van der Waals surface area (Å²) < 4.78 is 3.52. The largest absolute Gasteiger partial charge is 0.458 e. The number of alkyl halides is 3. The van der Waals surface area contributed by atoms with Gasteiger partial charge in [-0.15, -0.1) is 0 Å². The van der Waals surface area contributed by atoms with E-state index >= 15 is 0 Å². The smallest absolute Gasteiger partial charge is 0.358 e. The summed E-state index contributed by atoms with van der Waals surface area (Å²) in [6.07, 6.45) is 0.401. The fraction of sp³-hybridized carbons (Fsp3) is 0.278. The second-order valence-corrected chi connectivity index (χ2v) is 8.25. The molecule has 2 aromatic carbocycles. The normalized spacial score (nSPS) is 24.7. The standard InChI is InChI=1S/C18H13Cl3O2/c19-18(20,21)17(22)23-15-9-14-10-5-1-3-7-12(10)16(15)13-8-4-2-6-11(13)14/h1-8,14-16H,9H2. The molecule has 23 heavy (non-hydrogen) atoms. The van der Waals surface area contributed by atoms with E-state index in [2.05, 4.69) is 24.3 Å². The van der Waals surface area contributed by atoms with Gasteiger partial charge < -0.3 is 4.74 Å². The van der Waals surface area contributed by atoms with Crippen LogP contribution in [-0.2, 0) is 9.53 Å². The molecule has 5 rings (SSSR count). The van der Waals surface area contributed by atoms with Gasteiger partial charge in [-0.05, 0) is 28.7 Å². The van der Waals surface area contributed by atoms with Crippen molar-refractivity contribution < 1.29 is 9.53 Å². The minimum absolute atomic E-state index is 0.0105. The lowest BCUT2D eigenvalue weighted by Gasteiger charge is -2.45. The van der Waals surface area contributed by atoms with Crippen LogP contribution in [-0.4, -0.2) is 15.9 Å². The number of halogens is 3. The fourth-order valence-corrected chi connectivity index (χ4v) is 4.03. The maximum atomic E-state index is 12.0. The minimum Gasteiger partial charge on any atom is -0.458 e. The molecule has 0 spiro atoms. The molecule has 0 radical (unpaired) electrons. The molecule has 2 nitrogen and oxygen atoms in total. The number of ether oxygens (including phenoxy) is 1.